The first kappa shape index (κ1) is 19.4. The van der Waals surface area contributed by atoms with Crippen LogP contribution in [0.1, 0.15) is 29.6 Å². The third-order valence-electron chi connectivity index (χ3n) is 6.43. The van der Waals surface area contributed by atoms with Crippen LogP contribution in [0.5, 0.6) is 0 Å². The first-order valence-electron chi connectivity index (χ1n) is 11.2. The van der Waals surface area contributed by atoms with Gasteiger partial charge in [-0.3, -0.25) is 9.80 Å². The van der Waals surface area contributed by atoms with Gasteiger partial charge in [0.2, 0.25) is 0 Å². The Hall–Kier alpha value is -2.56. The molecular weight excluding hydrogens is 370 g/mol. The minimum absolute atomic E-state index is 0.492. The Morgan fingerprint density at radius 2 is 1.57 bits per heavy atom. The molecule has 2 aromatic carbocycles. The maximum Gasteiger partial charge on any atom is 0.118 e. The predicted molar refractivity (Wildman–Crippen MR) is 121 cm³/mol. The van der Waals surface area contributed by atoms with Crippen LogP contribution in [0.4, 0.5) is 5.69 Å². The number of benzene rings is 2. The van der Waals surface area contributed by atoms with E-state index in [4.69, 9.17) is 4.42 Å². The van der Waals surface area contributed by atoms with Gasteiger partial charge in [0.1, 0.15) is 11.5 Å². The van der Waals surface area contributed by atoms with Gasteiger partial charge in [-0.25, -0.2) is 0 Å². The van der Waals surface area contributed by atoms with Gasteiger partial charge in [-0.2, -0.15) is 0 Å². The zero-order valence-electron chi connectivity index (χ0n) is 17.8. The van der Waals surface area contributed by atoms with Crippen molar-refractivity contribution in [2.75, 3.05) is 31.1 Å². The second-order valence-electron chi connectivity index (χ2n) is 8.59. The molecular formula is C26H31N3O. The lowest BCUT2D eigenvalue weighted by molar-refractivity contribution is 0.166. The fourth-order valence-electron chi connectivity index (χ4n) is 4.94. The van der Waals surface area contributed by atoms with Crippen LogP contribution in [-0.4, -0.2) is 42.0 Å². The van der Waals surface area contributed by atoms with E-state index in [9.17, 15) is 0 Å². The lowest BCUT2D eigenvalue weighted by Crippen LogP contribution is -2.55. The van der Waals surface area contributed by atoms with Crippen LogP contribution in [0.25, 0.3) is 0 Å². The number of aryl methyl sites for hydroxylation is 1. The van der Waals surface area contributed by atoms with Crippen molar-refractivity contribution < 1.29 is 4.42 Å². The van der Waals surface area contributed by atoms with Crippen LogP contribution in [0, 0.1) is 0 Å². The van der Waals surface area contributed by atoms with Crippen molar-refractivity contribution in [3.05, 3.63) is 89.4 Å². The van der Waals surface area contributed by atoms with E-state index in [0.29, 0.717) is 6.04 Å². The van der Waals surface area contributed by atoms with Gasteiger partial charge < -0.3 is 9.32 Å². The molecule has 0 radical (unpaired) electrons. The highest BCUT2D eigenvalue weighted by atomic mass is 16.3. The van der Waals surface area contributed by atoms with Gasteiger partial charge in [0.15, 0.2) is 0 Å². The fourth-order valence-corrected chi connectivity index (χ4v) is 4.94. The molecule has 3 aromatic rings. The van der Waals surface area contributed by atoms with E-state index in [2.05, 4.69) is 88.4 Å². The Labute approximate surface area is 179 Å². The van der Waals surface area contributed by atoms with Crippen LogP contribution in [0.2, 0.25) is 0 Å². The Kier molecular flexibility index (Phi) is 5.60. The van der Waals surface area contributed by atoms with Crippen molar-refractivity contribution in [2.24, 2.45) is 0 Å². The Morgan fingerprint density at radius 1 is 0.800 bits per heavy atom. The molecule has 1 atom stereocenters. The van der Waals surface area contributed by atoms with Crippen molar-refractivity contribution in [3.63, 3.8) is 0 Å². The summed E-state index contributed by atoms with van der Waals surface area (Å²) >= 11 is 0. The maximum atomic E-state index is 6.03. The van der Waals surface area contributed by atoms with Crippen LogP contribution in [-0.2, 0) is 26.1 Å². The molecule has 0 saturated carbocycles. The molecule has 156 valence electrons. The Bertz CT molecular complexity index is 967. The van der Waals surface area contributed by atoms with E-state index in [0.717, 1.165) is 63.8 Å². The molecule has 2 aliphatic heterocycles. The highest BCUT2D eigenvalue weighted by molar-refractivity contribution is 5.56. The summed E-state index contributed by atoms with van der Waals surface area (Å²) in [6, 6.07) is 24.6. The third kappa shape index (κ3) is 4.16. The van der Waals surface area contributed by atoms with Gasteiger partial charge in [-0.05, 0) is 29.3 Å². The van der Waals surface area contributed by atoms with Crippen LogP contribution >= 0.6 is 0 Å². The zero-order chi connectivity index (χ0) is 20.3. The van der Waals surface area contributed by atoms with Crippen molar-refractivity contribution in [1.82, 2.24) is 9.80 Å². The molecule has 4 heteroatoms. The number of piperazine rings is 1. The van der Waals surface area contributed by atoms with E-state index in [1.54, 1.807) is 0 Å². The van der Waals surface area contributed by atoms with Crippen LogP contribution < -0.4 is 4.90 Å². The van der Waals surface area contributed by atoms with Crippen molar-refractivity contribution >= 4 is 5.69 Å². The minimum atomic E-state index is 0.492. The molecule has 1 fully saturated rings. The molecule has 1 unspecified atom stereocenters. The molecule has 3 heterocycles. The standard InChI is InChI=1S/C26H31N3O/c1-2-24-12-13-25(30-24)20-28-17-22-10-6-7-11-26(22)29-15-14-27(18-23(29)19-28)16-21-8-4-3-5-9-21/h3-13,23H,2,14-20H2,1H3. The smallest absolute Gasteiger partial charge is 0.118 e. The zero-order valence-corrected chi connectivity index (χ0v) is 17.8. The molecule has 0 bridgehead atoms. The molecule has 5 rings (SSSR count). The number of nitrogens with zero attached hydrogens (tertiary/aromatic N) is 3. The number of para-hydroxylation sites is 1. The van der Waals surface area contributed by atoms with Gasteiger partial charge in [-0.15, -0.1) is 0 Å². The van der Waals surface area contributed by atoms with Gasteiger partial charge in [-0.1, -0.05) is 55.5 Å². The summed E-state index contributed by atoms with van der Waals surface area (Å²) in [4.78, 5) is 7.83. The quantitative estimate of drug-likeness (QED) is 0.626. The first-order chi connectivity index (χ1) is 14.8. The van der Waals surface area contributed by atoms with Gasteiger partial charge >= 0.3 is 0 Å². The van der Waals surface area contributed by atoms with E-state index in [1.807, 2.05) is 0 Å². The molecule has 1 saturated heterocycles. The monoisotopic (exact) mass is 401 g/mol. The maximum absolute atomic E-state index is 6.03. The highest BCUT2D eigenvalue weighted by Gasteiger charge is 2.32. The summed E-state index contributed by atoms with van der Waals surface area (Å²) < 4.78 is 6.03. The third-order valence-corrected chi connectivity index (χ3v) is 6.43. The summed E-state index contributed by atoms with van der Waals surface area (Å²) in [5.74, 6) is 2.16. The van der Waals surface area contributed by atoms with Gasteiger partial charge in [0.25, 0.3) is 0 Å². The van der Waals surface area contributed by atoms with Crippen LogP contribution in [0.3, 0.4) is 0 Å². The van der Waals surface area contributed by atoms with Crippen molar-refractivity contribution in [3.8, 4) is 0 Å². The number of hydrogen-bond acceptors (Lipinski definition) is 4. The predicted octanol–water partition coefficient (Wildman–Crippen LogP) is 4.55. The minimum Gasteiger partial charge on any atom is -0.465 e. The number of furan rings is 1. The first-order valence-corrected chi connectivity index (χ1v) is 11.2. The summed E-state index contributed by atoms with van der Waals surface area (Å²) in [7, 11) is 0. The largest absolute Gasteiger partial charge is 0.465 e. The highest BCUT2D eigenvalue weighted by Crippen LogP contribution is 2.31. The molecule has 0 N–H and O–H groups in total. The lowest BCUT2D eigenvalue weighted by Gasteiger charge is -2.43. The average Bonchev–Trinajstić information content (AvgIpc) is 3.16. The average molecular weight is 402 g/mol. The second kappa shape index (κ2) is 8.66. The molecule has 30 heavy (non-hydrogen) atoms. The van der Waals surface area contributed by atoms with E-state index in [-0.39, 0.29) is 0 Å². The summed E-state index contributed by atoms with van der Waals surface area (Å²) in [5, 5.41) is 0. The second-order valence-corrected chi connectivity index (χ2v) is 8.59. The molecule has 2 aliphatic rings. The molecule has 4 nitrogen and oxygen atoms in total. The lowest BCUT2D eigenvalue weighted by atomic mass is 10.1. The van der Waals surface area contributed by atoms with Crippen LogP contribution in [0.15, 0.2) is 71.1 Å². The van der Waals surface area contributed by atoms with E-state index in [1.165, 1.54) is 16.8 Å². The fraction of sp³-hybridized carbons (Fsp3) is 0.385. The van der Waals surface area contributed by atoms with Gasteiger partial charge in [0, 0.05) is 51.4 Å². The summed E-state index contributed by atoms with van der Waals surface area (Å²) in [5.41, 5.74) is 4.25. The Balaban J connectivity index is 1.36. The topological polar surface area (TPSA) is 22.9 Å². The van der Waals surface area contributed by atoms with E-state index >= 15 is 0 Å². The van der Waals surface area contributed by atoms with Gasteiger partial charge in [0.05, 0.1) is 12.6 Å². The number of anilines is 1. The molecule has 0 amide bonds. The molecule has 0 spiro atoms. The number of hydrogen-bond donors (Lipinski definition) is 0. The molecule has 0 aliphatic carbocycles. The summed E-state index contributed by atoms with van der Waals surface area (Å²) in [6.45, 7) is 9.37. The Morgan fingerprint density at radius 3 is 2.40 bits per heavy atom. The normalized spacial score (nSPS) is 19.9. The van der Waals surface area contributed by atoms with Crippen molar-refractivity contribution in [2.45, 2.75) is 39.0 Å². The van der Waals surface area contributed by atoms with E-state index < -0.39 is 0 Å². The summed E-state index contributed by atoms with van der Waals surface area (Å²) in [6.07, 6.45) is 0.952. The molecule has 1 aromatic heterocycles. The SMILES string of the molecule is CCc1ccc(CN2Cc3ccccc3N3CCN(Cc4ccccc4)CC3C2)o1. The number of rotatable bonds is 5. The van der Waals surface area contributed by atoms with Crippen molar-refractivity contribution in [1.29, 1.82) is 0 Å². The number of fused-ring (bicyclic) bond motifs is 3.